The fourth-order valence-electron chi connectivity index (χ4n) is 3.76. The van der Waals surface area contributed by atoms with Crippen molar-refractivity contribution >= 4 is 11.8 Å². The van der Waals surface area contributed by atoms with Gasteiger partial charge in [-0.3, -0.25) is 9.59 Å². The smallest absolute Gasteiger partial charge is 0.254 e. The van der Waals surface area contributed by atoms with Crippen LogP contribution in [0.15, 0.2) is 42.5 Å². The maximum atomic E-state index is 12.9. The van der Waals surface area contributed by atoms with Crippen LogP contribution < -0.4 is 10.5 Å². The van der Waals surface area contributed by atoms with Crippen molar-refractivity contribution < 1.29 is 14.3 Å². The van der Waals surface area contributed by atoms with Crippen LogP contribution in [0.25, 0.3) is 11.1 Å². The zero-order chi connectivity index (χ0) is 19.4. The Kier molecular flexibility index (Phi) is 5.79. The normalized spacial score (nSPS) is 16.8. The summed E-state index contributed by atoms with van der Waals surface area (Å²) in [6, 6.07) is 13.5. The minimum Gasteiger partial charge on any atom is -0.497 e. The summed E-state index contributed by atoms with van der Waals surface area (Å²) in [5.41, 5.74) is 9.28. The minimum absolute atomic E-state index is 0.0287. The summed E-state index contributed by atoms with van der Waals surface area (Å²) in [7, 11) is 1.65. The van der Waals surface area contributed by atoms with Gasteiger partial charge in [0, 0.05) is 24.6 Å². The van der Waals surface area contributed by atoms with Gasteiger partial charge in [0.1, 0.15) is 5.75 Å². The molecule has 0 aromatic heterocycles. The van der Waals surface area contributed by atoms with Crippen molar-refractivity contribution in [2.45, 2.75) is 38.6 Å². The summed E-state index contributed by atoms with van der Waals surface area (Å²) in [5.74, 6) is 0.442. The van der Waals surface area contributed by atoms with Crippen molar-refractivity contribution in [3.05, 3.63) is 53.6 Å². The number of rotatable bonds is 5. The highest BCUT2D eigenvalue weighted by atomic mass is 16.5. The van der Waals surface area contributed by atoms with Gasteiger partial charge in [-0.2, -0.15) is 0 Å². The number of piperidine rings is 1. The monoisotopic (exact) mass is 366 g/mol. The fraction of sp³-hybridized carbons (Fsp3) is 0.364. The lowest BCUT2D eigenvalue weighted by atomic mass is 9.96. The second kappa shape index (κ2) is 8.25. The SMILES string of the molecule is COc1ccc(-c2ccc(C(=O)N3CCCC[C@H]3CC(N)=O)cc2)c(C)c1. The topological polar surface area (TPSA) is 72.6 Å². The predicted octanol–water partition coefficient (Wildman–Crippen LogP) is 3.54. The number of ether oxygens (including phenoxy) is 1. The third-order valence-corrected chi connectivity index (χ3v) is 5.20. The zero-order valence-corrected chi connectivity index (χ0v) is 15.9. The average molecular weight is 366 g/mol. The summed E-state index contributed by atoms with van der Waals surface area (Å²) < 4.78 is 5.26. The van der Waals surface area contributed by atoms with Crippen LogP contribution in [0, 0.1) is 6.92 Å². The number of primary amides is 1. The Bertz CT molecular complexity index is 830. The number of hydrogen-bond acceptors (Lipinski definition) is 3. The standard InChI is InChI=1S/C22H26N2O3/c1-15-13-19(27-2)10-11-20(15)16-6-8-17(9-7-16)22(26)24-12-4-3-5-18(24)14-21(23)25/h6-11,13,18H,3-5,12,14H2,1-2H3,(H2,23,25)/t18-/m0/s1. The maximum Gasteiger partial charge on any atom is 0.254 e. The molecule has 0 bridgehead atoms. The van der Waals surface area contributed by atoms with Gasteiger partial charge in [-0.05, 0) is 67.1 Å². The predicted molar refractivity (Wildman–Crippen MR) is 106 cm³/mol. The maximum absolute atomic E-state index is 12.9. The highest BCUT2D eigenvalue weighted by Gasteiger charge is 2.28. The van der Waals surface area contributed by atoms with Gasteiger partial charge < -0.3 is 15.4 Å². The number of carbonyl (C=O) groups is 2. The first kappa shape index (κ1) is 19.0. The highest BCUT2D eigenvalue weighted by molar-refractivity contribution is 5.95. The van der Waals surface area contributed by atoms with E-state index in [9.17, 15) is 9.59 Å². The first-order valence-corrected chi connectivity index (χ1v) is 9.34. The van der Waals surface area contributed by atoms with Gasteiger partial charge in [-0.15, -0.1) is 0 Å². The molecule has 3 rings (SSSR count). The molecular weight excluding hydrogens is 340 g/mol. The van der Waals surface area contributed by atoms with Crippen molar-refractivity contribution in [1.82, 2.24) is 4.90 Å². The molecule has 1 fully saturated rings. The Hall–Kier alpha value is -2.82. The van der Waals surface area contributed by atoms with Crippen molar-refractivity contribution in [2.75, 3.05) is 13.7 Å². The number of amides is 2. The molecule has 1 aliphatic rings. The molecule has 2 aromatic rings. The fourth-order valence-corrected chi connectivity index (χ4v) is 3.76. The molecular formula is C22H26N2O3. The van der Waals surface area contributed by atoms with Crippen molar-refractivity contribution in [2.24, 2.45) is 5.73 Å². The molecule has 2 amide bonds. The lowest BCUT2D eigenvalue weighted by Gasteiger charge is -2.35. The van der Waals surface area contributed by atoms with E-state index in [-0.39, 0.29) is 24.3 Å². The molecule has 1 saturated heterocycles. The number of hydrogen-bond donors (Lipinski definition) is 1. The van der Waals surface area contributed by atoms with Gasteiger partial charge in [-0.1, -0.05) is 18.2 Å². The quantitative estimate of drug-likeness (QED) is 0.880. The van der Waals surface area contributed by atoms with Crippen LogP contribution in [0.1, 0.15) is 41.6 Å². The van der Waals surface area contributed by atoms with Gasteiger partial charge in [0.15, 0.2) is 0 Å². The number of likely N-dealkylation sites (tertiary alicyclic amines) is 1. The first-order valence-electron chi connectivity index (χ1n) is 9.34. The average Bonchev–Trinajstić information content (AvgIpc) is 2.67. The Balaban J connectivity index is 1.80. The summed E-state index contributed by atoms with van der Waals surface area (Å²) in [5, 5.41) is 0. The molecule has 27 heavy (non-hydrogen) atoms. The van der Waals surface area contributed by atoms with E-state index in [4.69, 9.17) is 10.5 Å². The molecule has 1 atom stereocenters. The van der Waals surface area contributed by atoms with Gasteiger partial charge in [0.05, 0.1) is 7.11 Å². The van der Waals surface area contributed by atoms with Crippen molar-refractivity contribution in [3.63, 3.8) is 0 Å². The van der Waals surface area contributed by atoms with Crippen LogP contribution in [0.3, 0.4) is 0 Å². The molecule has 0 aliphatic carbocycles. The van der Waals surface area contributed by atoms with E-state index >= 15 is 0 Å². The Labute approximate surface area is 160 Å². The second-order valence-electron chi connectivity index (χ2n) is 7.08. The molecule has 0 unspecified atom stereocenters. The van der Waals surface area contributed by atoms with Gasteiger partial charge in [0.25, 0.3) is 5.91 Å². The van der Waals surface area contributed by atoms with Crippen LogP contribution in [-0.2, 0) is 4.79 Å². The molecule has 0 radical (unpaired) electrons. The number of aryl methyl sites for hydroxylation is 1. The van der Waals surface area contributed by atoms with Gasteiger partial charge in [-0.25, -0.2) is 0 Å². The molecule has 0 spiro atoms. The molecule has 1 heterocycles. The van der Waals surface area contributed by atoms with E-state index in [1.807, 2.05) is 54.3 Å². The van der Waals surface area contributed by atoms with Crippen LogP contribution in [-0.4, -0.2) is 36.4 Å². The Morgan fingerprint density at radius 3 is 2.52 bits per heavy atom. The van der Waals surface area contributed by atoms with Crippen LogP contribution >= 0.6 is 0 Å². The van der Waals surface area contributed by atoms with Crippen LogP contribution in [0.4, 0.5) is 0 Å². The number of carbonyl (C=O) groups excluding carboxylic acids is 2. The molecule has 0 saturated carbocycles. The lowest BCUT2D eigenvalue weighted by molar-refractivity contribution is -0.119. The van der Waals surface area contributed by atoms with E-state index < -0.39 is 0 Å². The summed E-state index contributed by atoms with van der Waals surface area (Å²) in [6.07, 6.45) is 3.05. The molecule has 2 aromatic carbocycles. The largest absolute Gasteiger partial charge is 0.497 e. The first-order chi connectivity index (χ1) is 13.0. The molecule has 5 heteroatoms. The van der Waals surface area contributed by atoms with Gasteiger partial charge in [0.2, 0.25) is 5.91 Å². The summed E-state index contributed by atoms with van der Waals surface area (Å²) in [6.45, 7) is 2.72. The summed E-state index contributed by atoms with van der Waals surface area (Å²) >= 11 is 0. The van der Waals surface area contributed by atoms with E-state index in [1.54, 1.807) is 7.11 Å². The Morgan fingerprint density at radius 2 is 1.89 bits per heavy atom. The molecule has 2 N–H and O–H groups in total. The van der Waals surface area contributed by atoms with Gasteiger partial charge >= 0.3 is 0 Å². The van der Waals surface area contributed by atoms with Crippen LogP contribution in [0.5, 0.6) is 5.75 Å². The molecule has 5 nitrogen and oxygen atoms in total. The minimum atomic E-state index is -0.356. The molecule has 1 aliphatic heterocycles. The highest BCUT2D eigenvalue weighted by Crippen LogP contribution is 2.28. The second-order valence-corrected chi connectivity index (χ2v) is 7.08. The lowest BCUT2D eigenvalue weighted by Crippen LogP contribution is -2.45. The molecule has 142 valence electrons. The Morgan fingerprint density at radius 1 is 1.15 bits per heavy atom. The van der Waals surface area contributed by atoms with E-state index in [2.05, 4.69) is 0 Å². The van der Waals surface area contributed by atoms with Crippen LogP contribution in [0.2, 0.25) is 0 Å². The zero-order valence-electron chi connectivity index (χ0n) is 15.9. The number of benzene rings is 2. The van der Waals surface area contributed by atoms with Crippen molar-refractivity contribution in [3.8, 4) is 16.9 Å². The third-order valence-electron chi connectivity index (χ3n) is 5.20. The number of nitrogens with zero attached hydrogens (tertiary/aromatic N) is 1. The number of methoxy groups -OCH3 is 1. The summed E-state index contributed by atoms with van der Waals surface area (Å²) in [4.78, 5) is 26.1. The van der Waals surface area contributed by atoms with E-state index in [0.29, 0.717) is 12.1 Å². The van der Waals surface area contributed by atoms with Crippen molar-refractivity contribution in [1.29, 1.82) is 0 Å². The third kappa shape index (κ3) is 4.30. The number of nitrogens with two attached hydrogens (primary N) is 1. The van der Waals surface area contributed by atoms with E-state index in [0.717, 1.165) is 41.7 Å². The van der Waals surface area contributed by atoms with E-state index in [1.165, 1.54) is 0 Å².